The minimum absolute atomic E-state index is 0.161. The standard InChI is InChI=1S/C21H17Br2FN2O4S/c1-3-26-20(28)17(31-21(26)25-14-6-4-13(24)5-7-14)10-12-8-15(22)19(16(23)9-12)30-11-18(27)29-2/h4-10H,3,11H2,1-2H3/b17-10+,25-21?. The largest absolute Gasteiger partial charge is 0.480 e. The molecule has 1 saturated heterocycles. The van der Waals surface area contributed by atoms with E-state index in [2.05, 4.69) is 41.6 Å². The minimum Gasteiger partial charge on any atom is -0.480 e. The van der Waals surface area contributed by atoms with Gasteiger partial charge in [-0.2, -0.15) is 0 Å². The zero-order valence-corrected chi connectivity index (χ0v) is 20.5. The molecule has 1 amide bonds. The van der Waals surface area contributed by atoms with Crippen molar-refractivity contribution in [3.63, 3.8) is 0 Å². The first-order chi connectivity index (χ1) is 14.8. The van der Waals surface area contributed by atoms with Crippen molar-refractivity contribution in [3.05, 3.63) is 61.6 Å². The Labute approximate surface area is 199 Å². The van der Waals surface area contributed by atoms with Crippen molar-refractivity contribution in [2.75, 3.05) is 20.3 Å². The maximum Gasteiger partial charge on any atom is 0.343 e. The van der Waals surface area contributed by atoms with Crippen LogP contribution in [-0.2, 0) is 14.3 Å². The second kappa shape index (κ2) is 10.4. The third kappa shape index (κ3) is 5.75. The van der Waals surface area contributed by atoms with Crippen molar-refractivity contribution < 1.29 is 23.5 Å². The molecule has 0 bridgehead atoms. The summed E-state index contributed by atoms with van der Waals surface area (Å²) in [6.45, 7) is 2.09. The van der Waals surface area contributed by atoms with Crippen LogP contribution in [0.4, 0.5) is 10.1 Å². The van der Waals surface area contributed by atoms with E-state index in [1.807, 2.05) is 6.92 Å². The molecule has 31 heavy (non-hydrogen) atoms. The Bertz CT molecular complexity index is 1050. The van der Waals surface area contributed by atoms with Crippen molar-refractivity contribution in [3.8, 4) is 5.75 Å². The topological polar surface area (TPSA) is 68.2 Å². The molecule has 1 aliphatic rings. The number of methoxy groups -OCH3 is 1. The molecule has 0 aliphatic carbocycles. The molecule has 6 nitrogen and oxygen atoms in total. The summed E-state index contributed by atoms with van der Waals surface area (Å²) in [6, 6.07) is 9.33. The van der Waals surface area contributed by atoms with E-state index in [0.29, 0.717) is 37.0 Å². The van der Waals surface area contributed by atoms with Gasteiger partial charge in [-0.05, 0) is 98.6 Å². The van der Waals surface area contributed by atoms with Crippen LogP contribution in [0, 0.1) is 5.82 Å². The van der Waals surface area contributed by atoms with Gasteiger partial charge in [0.05, 0.1) is 26.6 Å². The third-order valence-corrected chi connectivity index (χ3v) is 6.32. The molecule has 1 heterocycles. The molecule has 2 aromatic carbocycles. The molecule has 0 radical (unpaired) electrons. The quantitative estimate of drug-likeness (QED) is 0.337. The zero-order chi connectivity index (χ0) is 22.5. The van der Waals surface area contributed by atoms with Gasteiger partial charge in [0.25, 0.3) is 5.91 Å². The normalized spacial score (nSPS) is 16.3. The second-order valence-electron chi connectivity index (χ2n) is 6.21. The first-order valence-electron chi connectivity index (χ1n) is 9.06. The molecular weight excluding hydrogens is 555 g/mol. The number of halogens is 3. The van der Waals surface area contributed by atoms with Crippen LogP contribution in [-0.4, -0.2) is 42.2 Å². The number of carbonyl (C=O) groups excluding carboxylic acids is 2. The predicted octanol–water partition coefficient (Wildman–Crippen LogP) is 5.53. The fraction of sp³-hybridized carbons (Fsp3) is 0.190. The average Bonchev–Trinajstić information content (AvgIpc) is 3.02. The molecule has 2 aromatic rings. The smallest absolute Gasteiger partial charge is 0.343 e. The summed E-state index contributed by atoms with van der Waals surface area (Å²) in [4.78, 5) is 30.7. The number of rotatable bonds is 6. The van der Waals surface area contributed by atoms with Crippen LogP contribution < -0.4 is 4.74 Å². The number of hydrogen-bond acceptors (Lipinski definition) is 6. The van der Waals surface area contributed by atoms with Gasteiger partial charge in [0, 0.05) is 6.54 Å². The number of amidine groups is 1. The number of aliphatic imine (C=N–C) groups is 1. The Morgan fingerprint density at radius 3 is 2.45 bits per heavy atom. The maximum atomic E-state index is 13.1. The van der Waals surface area contributed by atoms with Gasteiger partial charge in [0.15, 0.2) is 11.8 Å². The lowest BCUT2D eigenvalue weighted by molar-refractivity contribution is -0.142. The number of benzene rings is 2. The monoisotopic (exact) mass is 570 g/mol. The van der Waals surface area contributed by atoms with Gasteiger partial charge in [0.1, 0.15) is 11.6 Å². The molecular formula is C21H17Br2FN2O4S. The summed E-state index contributed by atoms with van der Waals surface area (Å²) in [7, 11) is 1.29. The molecule has 0 saturated carbocycles. The van der Waals surface area contributed by atoms with Crippen LogP contribution in [0.15, 0.2) is 55.2 Å². The van der Waals surface area contributed by atoms with Crippen LogP contribution in [0.2, 0.25) is 0 Å². The molecule has 10 heteroatoms. The highest BCUT2D eigenvalue weighted by Gasteiger charge is 2.32. The highest BCUT2D eigenvalue weighted by Crippen LogP contribution is 2.38. The number of likely N-dealkylation sites (N-methyl/N-ethyl adjacent to an activating group) is 1. The van der Waals surface area contributed by atoms with Gasteiger partial charge in [-0.25, -0.2) is 14.2 Å². The summed E-state index contributed by atoms with van der Waals surface area (Å²) >= 11 is 8.11. The fourth-order valence-electron chi connectivity index (χ4n) is 2.64. The molecule has 0 N–H and O–H groups in total. The lowest BCUT2D eigenvalue weighted by atomic mass is 10.2. The van der Waals surface area contributed by atoms with Crippen molar-refractivity contribution >= 4 is 72.4 Å². The van der Waals surface area contributed by atoms with E-state index in [9.17, 15) is 14.0 Å². The maximum absolute atomic E-state index is 13.1. The highest BCUT2D eigenvalue weighted by molar-refractivity contribution is 9.11. The molecule has 162 valence electrons. The summed E-state index contributed by atoms with van der Waals surface area (Å²) in [5, 5.41) is 0.529. The van der Waals surface area contributed by atoms with Crippen molar-refractivity contribution in [2.24, 2.45) is 4.99 Å². The number of amides is 1. The third-order valence-electron chi connectivity index (χ3n) is 4.14. The summed E-state index contributed by atoms with van der Waals surface area (Å²) in [6.07, 6.45) is 1.75. The number of nitrogens with zero attached hydrogens (tertiary/aromatic N) is 2. The first kappa shape index (κ1) is 23.5. The molecule has 1 fully saturated rings. The van der Waals surface area contributed by atoms with Gasteiger partial charge in [0.2, 0.25) is 0 Å². The number of hydrogen-bond donors (Lipinski definition) is 0. The summed E-state index contributed by atoms with van der Waals surface area (Å²) in [5.41, 5.74) is 1.31. The van der Waals surface area contributed by atoms with Crippen molar-refractivity contribution in [1.82, 2.24) is 4.90 Å². The van der Waals surface area contributed by atoms with E-state index >= 15 is 0 Å². The van der Waals surface area contributed by atoms with Gasteiger partial charge >= 0.3 is 5.97 Å². The molecule has 3 rings (SSSR count). The van der Waals surface area contributed by atoms with E-state index in [4.69, 9.17) is 4.74 Å². The van der Waals surface area contributed by atoms with E-state index in [1.54, 1.807) is 35.2 Å². The Morgan fingerprint density at radius 1 is 1.23 bits per heavy atom. The van der Waals surface area contributed by atoms with E-state index < -0.39 is 5.97 Å². The predicted molar refractivity (Wildman–Crippen MR) is 126 cm³/mol. The fourth-order valence-corrected chi connectivity index (χ4v) is 5.15. The molecule has 0 aromatic heterocycles. The van der Waals surface area contributed by atoms with Gasteiger partial charge in [-0.1, -0.05) is 0 Å². The lowest BCUT2D eigenvalue weighted by Crippen LogP contribution is -2.28. The van der Waals surface area contributed by atoms with Crippen LogP contribution >= 0.6 is 43.6 Å². The van der Waals surface area contributed by atoms with Crippen LogP contribution in [0.3, 0.4) is 0 Å². The number of ether oxygens (including phenoxy) is 2. The Hall–Kier alpha value is -2.17. The number of esters is 1. The lowest BCUT2D eigenvalue weighted by Gasteiger charge is -2.12. The van der Waals surface area contributed by atoms with Crippen LogP contribution in [0.5, 0.6) is 5.75 Å². The molecule has 0 atom stereocenters. The highest BCUT2D eigenvalue weighted by atomic mass is 79.9. The Morgan fingerprint density at radius 2 is 1.87 bits per heavy atom. The first-order valence-corrected chi connectivity index (χ1v) is 11.5. The molecule has 0 unspecified atom stereocenters. The Kier molecular flexibility index (Phi) is 7.90. The van der Waals surface area contributed by atoms with Gasteiger partial charge < -0.3 is 9.47 Å². The minimum atomic E-state index is -0.495. The van der Waals surface area contributed by atoms with E-state index in [-0.39, 0.29) is 18.3 Å². The number of thioether (sulfide) groups is 1. The van der Waals surface area contributed by atoms with Crippen LogP contribution in [0.1, 0.15) is 12.5 Å². The zero-order valence-electron chi connectivity index (χ0n) is 16.5. The SMILES string of the molecule is CCN1C(=O)/C(=C\c2cc(Br)c(OCC(=O)OC)c(Br)c2)SC1=Nc1ccc(F)cc1. The van der Waals surface area contributed by atoms with E-state index in [0.717, 1.165) is 5.56 Å². The second-order valence-corrected chi connectivity index (χ2v) is 8.93. The number of carbonyl (C=O) groups is 2. The average molecular weight is 572 g/mol. The summed E-state index contributed by atoms with van der Waals surface area (Å²) < 4.78 is 24.4. The van der Waals surface area contributed by atoms with Gasteiger partial charge in [-0.3, -0.25) is 9.69 Å². The Balaban J connectivity index is 1.86. The summed E-state index contributed by atoms with van der Waals surface area (Å²) in [5.74, 6) is -0.550. The van der Waals surface area contributed by atoms with E-state index in [1.165, 1.54) is 31.0 Å². The molecule has 0 spiro atoms. The van der Waals surface area contributed by atoms with Crippen molar-refractivity contribution in [1.29, 1.82) is 0 Å². The van der Waals surface area contributed by atoms with Crippen molar-refractivity contribution in [2.45, 2.75) is 6.92 Å². The van der Waals surface area contributed by atoms with Crippen LogP contribution in [0.25, 0.3) is 6.08 Å². The van der Waals surface area contributed by atoms with Gasteiger partial charge in [-0.15, -0.1) is 0 Å². The molecule has 1 aliphatic heterocycles.